The molecule has 1 aliphatic carbocycles. The molecule has 0 radical (unpaired) electrons. The number of amides is 3. The maximum absolute atomic E-state index is 13.4. The number of halogens is 1. The van der Waals surface area contributed by atoms with E-state index in [-0.39, 0.29) is 23.3 Å². The Hall–Kier alpha value is -3.52. The molecule has 1 heterocycles. The Bertz CT molecular complexity index is 1220. The summed E-state index contributed by atoms with van der Waals surface area (Å²) < 4.78 is 13.4. The lowest BCUT2D eigenvalue weighted by molar-refractivity contribution is -0.119. The first kappa shape index (κ1) is 23.6. The van der Waals surface area contributed by atoms with Gasteiger partial charge in [-0.25, -0.2) is 4.39 Å². The fourth-order valence-corrected chi connectivity index (χ4v) is 5.02. The number of thiophene rings is 1. The van der Waals surface area contributed by atoms with Crippen molar-refractivity contribution >= 4 is 39.7 Å². The van der Waals surface area contributed by atoms with E-state index >= 15 is 0 Å². The molecule has 0 atom stereocenters. The van der Waals surface area contributed by atoms with Crippen LogP contribution in [0.2, 0.25) is 0 Å². The number of hydrogen-bond acceptors (Lipinski definition) is 4. The summed E-state index contributed by atoms with van der Waals surface area (Å²) in [4.78, 5) is 38.0. The predicted octanol–water partition coefficient (Wildman–Crippen LogP) is 5.51. The van der Waals surface area contributed by atoms with Crippen LogP contribution in [-0.2, 0) is 11.3 Å². The van der Waals surface area contributed by atoms with Gasteiger partial charge in [-0.05, 0) is 67.3 Å². The molecule has 0 saturated heterocycles. The lowest BCUT2D eigenvalue weighted by atomic mass is 10.1. The molecule has 3 amide bonds. The first-order valence-corrected chi connectivity index (χ1v) is 12.1. The van der Waals surface area contributed by atoms with Gasteiger partial charge < -0.3 is 16.0 Å². The molecular formula is C26H26FN3O3S. The highest BCUT2D eigenvalue weighted by atomic mass is 32.1. The van der Waals surface area contributed by atoms with E-state index in [2.05, 4.69) is 16.0 Å². The second-order valence-corrected chi connectivity index (χ2v) is 9.49. The van der Waals surface area contributed by atoms with Crippen LogP contribution < -0.4 is 16.0 Å². The Kier molecular flexibility index (Phi) is 7.37. The van der Waals surface area contributed by atoms with Crippen LogP contribution in [0.5, 0.6) is 0 Å². The van der Waals surface area contributed by atoms with Gasteiger partial charge >= 0.3 is 0 Å². The first-order valence-electron chi connectivity index (χ1n) is 11.2. The van der Waals surface area contributed by atoms with Gasteiger partial charge in [0.05, 0.1) is 9.88 Å². The third-order valence-electron chi connectivity index (χ3n) is 5.82. The Balaban J connectivity index is 1.35. The Morgan fingerprint density at radius 2 is 1.74 bits per heavy atom. The average Bonchev–Trinajstić information content (AvgIpc) is 3.48. The Morgan fingerprint density at radius 3 is 2.50 bits per heavy atom. The van der Waals surface area contributed by atoms with Crippen molar-refractivity contribution in [3.8, 4) is 0 Å². The third-order valence-corrected chi connectivity index (χ3v) is 6.97. The van der Waals surface area contributed by atoms with Gasteiger partial charge in [0.25, 0.3) is 11.8 Å². The quantitative estimate of drug-likeness (QED) is 0.418. The Labute approximate surface area is 201 Å². The average molecular weight is 480 g/mol. The van der Waals surface area contributed by atoms with Crippen LogP contribution in [0.25, 0.3) is 0 Å². The SMILES string of the molecule is Cc1cc(NC(=O)c2cccc(F)c2)sc1C(=O)NCc1cccc(NC(=O)C2CCCC2)c1. The molecule has 1 saturated carbocycles. The van der Waals surface area contributed by atoms with Crippen LogP contribution in [0, 0.1) is 18.7 Å². The van der Waals surface area contributed by atoms with Gasteiger partial charge in [-0.15, -0.1) is 11.3 Å². The number of aryl methyl sites for hydroxylation is 1. The first-order chi connectivity index (χ1) is 16.4. The fraction of sp³-hybridized carbons (Fsp3) is 0.269. The number of rotatable bonds is 7. The molecule has 2 aromatic carbocycles. The van der Waals surface area contributed by atoms with Crippen molar-refractivity contribution < 1.29 is 18.8 Å². The van der Waals surface area contributed by atoms with Crippen molar-refractivity contribution in [3.05, 3.63) is 82.0 Å². The number of benzene rings is 2. The lowest BCUT2D eigenvalue weighted by Gasteiger charge is -2.12. The van der Waals surface area contributed by atoms with Gasteiger partial charge in [0.1, 0.15) is 5.82 Å². The number of hydrogen-bond donors (Lipinski definition) is 3. The van der Waals surface area contributed by atoms with E-state index in [9.17, 15) is 18.8 Å². The monoisotopic (exact) mass is 479 g/mol. The molecule has 1 fully saturated rings. The van der Waals surface area contributed by atoms with Crippen LogP contribution in [0.1, 0.15) is 56.8 Å². The minimum atomic E-state index is -0.489. The summed E-state index contributed by atoms with van der Waals surface area (Å²) in [5.74, 6) is -1.04. The molecule has 1 aromatic heterocycles. The molecule has 8 heteroatoms. The van der Waals surface area contributed by atoms with Gasteiger partial charge in [0.2, 0.25) is 5.91 Å². The van der Waals surface area contributed by atoms with Crippen molar-refractivity contribution in [1.82, 2.24) is 5.32 Å². The summed E-state index contributed by atoms with van der Waals surface area (Å²) >= 11 is 1.16. The zero-order chi connectivity index (χ0) is 24.1. The number of anilines is 2. The Morgan fingerprint density at radius 1 is 0.971 bits per heavy atom. The summed E-state index contributed by atoms with van der Waals surface area (Å²) in [6.07, 6.45) is 4.07. The van der Waals surface area contributed by atoms with Gasteiger partial charge in [-0.3, -0.25) is 14.4 Å². The van der Waals surface area contributed by atoms with E-state index in [0.29, 0.717) is 16.4 Å². The van der Waals surface area contributed by atoms with Crippen molar-refractivity contribution in [3.63, 3.8) is 0 Å². The molecule has 0 aliphatic heterocycles. The van der Waals surface area contributed by atoms with E-state index in [1.165, 1.54) is 18.2 Å². The molecule has 176 valence electrons. The summed E-state index contributed by atoms with van der Waals surface area (Å²) in [6.45, 7) is 2.09. The summed E-state index contributed by atoms with van der Waals surface area (Å²) in [5, 5.41) is 9.10. The van der Waals surface area contributed by atoms with E-state index in [1.54, 1.807) is 13.0 Å². The second-order valence-electron chi connectivity index (χ2n) is 8.44. The van der Waals surface area contributed by atoms with E-state index in [1.807, 2.05) is 24.3 Å². The lowest BCUT2D eigenvalue weighted by Crippen LogP contribution is -2.23. The molecule has 4 rings (SSSR count). The second kappa shape index (κ2) is 10.6. The fourth-order valence-electron chi connectivity index (χ4n) is 4.04. The van der Waals surface area contributed by atoms with Gasteiger partial charge in [-0.2, -0.15) is 0 Å². The smallest absolute Gasteiger partial charge is 0.261 e. The highest BCUT2D eigenvalue weighted by Crippen LogP contribution is 2.28. The zero-order valence-corrected chi connectivity index (χ0v) is 19.6. The molecule has 0 spiro atoms. The molecular weight excluding hydrogens is 453 g/mol. The molecule has 34 heavy (non-hydrogen) atoms. The standard InChI is InChI=1S/C26H26FN3O3S/c1-16-12-22(30-25(32)19-9-5-10-20(27)14-19)34-23(16)26(33)28-15-17-6-4-11-21(13-17)29-24(31)18-7-2-3-8-18/h4-6,9-14,18H,2-3,7-8,15H2,1H3,(H,28,33)(H,29,31)(H,30,32). The molecule has 0 unspecified atom stereocenters. The number of nitrogens with one attached hydrogen (secondary N) is 3. The van der Waals surface area contributed by atoms with Crippen molar-refractivity contribution in [2.75, 3.05) is 10.6 Å². The molecule has 0 bridgehead atoms. The molecule has 3 aromatic rings. The van der Waals surface area contributed by atoms with E-state index in [4.69, 9.17) is 0 Å². The van der Waals surface area contributed by atoms with Gasteiger partial charge in [0, 0.05) is 23.7 Å². The van der Waals surface area contributed by atoms with Crippen LogP contribution in [0.4, 0.5) is 15.1 Å². The molecule has 3 N–H and O–H groups in total. The number of carbonyl (C=O) groups is 3. The largest absolute Gasteiger partial charge is 0.347 e. The van der Waals surface area contributed by atoms with Crippen LogP contribution in [-0.4, -0.2) is 17.7 Å². The minimum absolute atomic E-state index is 0.0562. The molecule has 6 nitrogen and oxygen atoms in total. The predicted molar refractivity (Wildman–Crippen MR) is 132 cm³/mol. The summed E-state index contributed by atoms with van der Waals surface area (Å²) in [6, 6.07) is 14.6. The maximum atomic E-state index is 13.4. The van der Waals surface area contributed by atoms with Gasteiger partial charge in [-0.1, -0.05) is 31.0 Å². The number of carbonyl (C=O) groups excluding carboxylic acids is 3. The van der Waals surface area contributed by atoms with Crippen LogP contribution >= 0.6 is 11.3 Å². The molecule has 1 aliphatic rings. The van der Waals surface area contributed by atoms with E-state index < -0.39 is 11.7 Å². The third kappa shape index (κ3) is 5.88. The topological polar surface area (TPSA) is 87.3 Å². The maximum Gasteiger partial charge on any atom is 0.261 e. The van der Waals surface area contributed by atoms with Crippen molar-refractivity contribution in [1.29, 1.82) is 0 Å². The van der Waals surface area contributed by atoms with Crippen molar-refractivity contribution in [2.24, 2.45) is 5.92 Å². The van der Waals surface area contributed by atoms with Crippen molar-refractivity contribution in [2.45, 2.75) is 39.2 Å². The highest BCUT2D eigenvalue weighted by Gasteiger charge is 2.22. The van der Waals surface area contributed by atoms with E-state index in [0.717, 1.165) is 59.9 Å². The summed E-state index contributed by atoms with van der Waals surface area (Å²) in [7, 11) is 0. The highest BCUT2D eigenvalue weighted by molar-refractivity contribution is 7.18. The van der Waals surface area contributed by atoms with Crippen LogP contribution in [0.15, 0.2) is 54.6 Å². The van der Waals surface area contributed by atoms with Crippen LogP contribution in [0.3, 0.4) is 0 Å². The zero-order valence-electron chi connectivity index (χ0n) is 18.8. The normalized spacial score (nSPS) is 13.5. The minimum Gasteiger partial charge on any atom is -0.347 e. The van der Waals surface area contributed by atoms with Gasteiger partial charge in [0.15, 0.2) is 0 Å². The summed E-state index contributed by atoms with van der Waals surface area (Å²) in [5.41, 5.74) is 2.52.